The number of nitrogens with zero attached hydrogens (tertiary/aromatic N) is 2. The molecule has 1 heterocycles. The molecular weight excluding hydrogens is 364 g/mol. The van der Waals surface area contributed by atoms with Crippen molar-refractivity contribution in [2.24, 2.45) is 0 Å². The highest BCUT2D eigenvalue weighted by atomic mass is 16.5. The number of methoxy groups -OCH3 is 1. The second kappa shape index (κ2) is 8.51. The van der Waals surface area contributed by atoms with E-state index < -0.39 is 5.97 Å². The van der Waals surface area contributed by atoms with Gasteiger partial charge in [0.25, 0.3) is 5.91 Å². The molecule has 3 rings (SSSR count). The third-order valence-electron chi connectivity index (χ3n) is 4.61. The van der Waals surface area contributed by atoms with Crippen molar-refractivity contribution in [2.45, 2.75) is 0 Å². The number of hydrogen-bond donors (Lipinski definition) is 2. The summed E-state index contributed by atoms with van der Waals surface area (Å²) in [4.78, 5) is 27.3. The fraction of sp³-hybridized carbons (Fsp3) is 0.300. The number of carbonyl (C=O) groups excluding carboxylic acids is 1. The van der Waals surface area contributed by atoms with Gasteiger partial charge < -0.3 is 29.5 Å². The van der Waals surface area contributed by atoms with Gasteiger partial charge in [0.2, 0.25) is 0 Å². The summed E-state index contributed by atoms with van der Waals surface area (Å²) in [6.07, 6.45) is 0. The fourth-order valence-electron chi connectivity index (χ4n) is 3.03. The van der Waals surface area contributed by atoms with Crippen molar-refractivity contribution in [2.75, 3.05) is 44.8 Å². The number of piperazine rings is 1. The number of hydrogen-bond acceptors (Lipinski definition) is 6. The van der Waals surface area contributed by atoms with Crippen LogP contribution in [-0.4, -0.2) is 66.9 Å². The van der Waals surface area contributed by atoms with Gasteiger partial charge in [0, 0.05) is 37.9 Å². The lowest BCUT2D eigenvalue weighted by molar-refractivity contribution is -0.133. The molecule has 0 aliphatic carbocycles. The smallest absolute Gasteiger partial charge is 0.339 e. The van der Waals surface area contributed by atoms with Crippen LogP contribution in [0, 0.1) is 0 Å². The van der Waals surface area contributed by atoms with Gasteiger partial charge in [0.1, 0.15) is 22.8 Å². The van der Waals surface area contributed by atoms with Crippen LogP contribution in [0.2, 0.25) is 0 Å². The van der Waals surface area contributed by atoms with Crippen molar-refractivity contribution in [3.8, 4) is 17.2 Å². The average Bonchev–Trinajstić information content (AvgIpc) is 2.72. The summed E-state index contributed by atoms with van der Waals surface area (Å²) in [7, 11) is 1.57. The Bertz CT molecular complexity index is 862. The number of amides is 1. The molecule has 2 aromatic carbocycles. The van der Waals surface area contributed by atoms with Crippen LogP contribution in [0.1, 0.15) is 10.4 Å². The predicted molar refractivity (Wildman–Crippen MR) is 102 cm³/mol. The first-order valence-electron chi connectivity index (χ1n) is 8.84. The number of phenols is 1. The van der Waals surface area contributed by atoms with Crippen LogP contribution < -0.4 is 14.4 Å². The molecule has 28 heavy (non-hydrogen) atoms. The zero-order chi connectivity index (χ0) is 20.1. The van der Waals surface area contributed by atoms with Gasteiger partial charge in [-0.05, 0) is 30.3 Å². The molecule has 1 aliphatic rings. The second-order valence-corrected chi connectivity index (χ2v) is 6.34. The molecule has 0 spiro atoms. The van der Waals surface area contributed by atoms with Crippen molar-refractivity contribution in [1.29, 1.82) is 0 Å². The minimum absolute atomic E-state index is 0.0600. The van der Waals surface area contributed by atoms with E-state index in [0.29, 0.717) is 43.4 Å². The summed E-state index contributed by atoms with van der Waals surface area (Å²) in [6, 6.07) is 11.6. The molecule has 0 radical (unpaired) electrons. The highest BCUT2D eigenvalue weighted by molar-refractivity contribution is 5.92. The second-order valence-electron chi connectivity index (χ2n) is 6.34. The maximum atomic E-state index is 12.4. The first kappa shape index (κ1) is 19.3. The molecule has 148 valence electrons. The summed E-state index contributed by atoms with van der Waals surface area (Å²) in [5.74, 6) is -0.327. The van der Waals surface area contributed by atoms with Crippen LogP contribution in [0.5, 0.6) is 17.2 Å². The van der Waals surface area contributed by atoms with Crippen LogP contribution in [0.25, 0.3) is 0 Å². The van der Waals surface area contributed by atoms with Crippen LogP contribution in [-0.2, 0) is 4.79 Å². The van der Waals surface area contributed by atoms with E-state index in [-0.39, 0.29) is 23.8 Å². The minimum atomic E-state index is -1.18. The SMILES string of the molecule is COc1cccc(OCC(=O)N2CCN(c3ccc(O)c(C(=O)O)c3)CC2)c1. The van der Waals surface area contributed by atoms with E-state index in [0.717, 1.165) is 0 Å². The average molecular weight is 386 g/mol. The molecule has 2 N–H and O–H groups in total. The van der Waals surface area contributed by atoms with Gasteiger partial charge in [-0.2, -0.15) is 0 Å². The number of ether oxygens (including phenoxy) is 2. The van der Waals surface area contributed by atoms with E-state index >= 15 is 0 Å². The first-order valence-corrected chi connectivity index (χ1v) is 8.84. The molecule has 0 unspecified atom stereocenters. The van der Waals surface area contributed by atoms with E-state index in [1.165, 1.54) is 12.1 Å². The van der Waals surface area contributed by atoms with Gasteiger partial charge >= 0.3 is 5.97 Å². The fourth-order valence-corrected chi connectivity index (χ4v) is 3.03. The maximum Gasteiger partial charge on any atom is 0.339 e. The van der Waals surface area contributed by atoms with E-state index in [1.54, 1.807) is 42.3 Å². The monoisotopic (exact) mass is 386 g/mol. The number of aromatic hydroxyl groups is 1. The Balaban J connectivity index is 1.54. The number of carboxylic acids is 1. The molecule has 0 atom stereocenters. The van der Waals surface area contributed by atoms with Gasteiger partial charge in [0.05, 0.1) is 7.11 Å². The Morgan fingerprint density at radius 3 is 2.43 bits per heavy atom. The topological polar surface area (TPSA) is 99.5 Å². The molecule has 0 aromatic heterocycles. The standard InChI is InChI=1S/C20H22N2O6/c1-27-15-3-2-4-16(12-15)28-13-19(24)22-9-7-21(8-10-22)14-5-6-18(23)17(11-14)20(25)26/h2-6,11-12,23H,7-10,13H2,1H3,(H,25,26). The largest absolute Gasteiger partial charge is 0.507 e. The quantitative estimate of drug-likeness (QED) is 0.781. The zero-order valence-electron chi connectivity index (χ0n) is 15.5. The molecule has 0 bridgehead atoms. The van der Waals surface area contributed by atoms with Crippen molar-refractivity contribution in [3.63, 3.8) is 0 Å². The van der Waals surface area contributed by atoms with Crippen molar-refractivity contribution >= 4 is 17.6 Å². The Labute approximate surface area is 162 Å². The van der Waals surface area contributed by atoms with Crippen LogP contribution >= 0.6 is 0 Å². The molecule has 0 saturated carbocycles. The van der Waals surface area contributed by atoms with Gasteiger partial charge in [-0.1, -0.05) is 6.07 Å². The molecular formula is C20H22N2O6. The van der Waals surface area contributed by atoms with E-state index in [2.05, 4.69) is 0 Å². The number of rotatable bonds is 6. The van der Waals surface area contributed by atoms with Crippen molar-refractivity contribution < 1.29 is 29.3 Å². The minimum Gasteiger partial charge on any atom is -0.507 e. The number of benzene rings is 2. The Morgan fingerprint density at radius 2 is 1.75 bits per heavy atom. The highest BCUT2D eigenvalue weighted by Gasteiger charge is 2.23. The molecule has 1 amide bonds. The summed E-state index contributed by atoms with van der Waals surface area (Å²) >= 11 is 0. The Hall–Kier alpha value is -3.42. The van der Waals surface area contributed by atoms with Crippen molar-refractivity contribution in [1.82, 2.24) is 4.90 Å². The third kappa shape index (κ3) is 4.46. The number of anilines is 1. The van der Waals surface area contributed by atoms with Crippen LogP contribution in [0.15, 0.2) is 42.5 Å². The lowest BCUT2D eigenvalue weighted by atomic mass is 10.1. The molecule has 1 saturated heterocycles. The van der Waals surface area contributed by atoms with Gasteiger partial charge in [0.15, 0.2) is 6.61 Å². The summed E-state index contributed by atoms with van der Waals surface area (Å²) < 4.78 is 10.7. The van der Waals surface area contributed by atoms with Crippen LogP contribution in [0.4, 0.5) is 5.69 Å². The number of carbonyl (C=O) groups is 2. The lowest BCUT2D eigenvalue weighted by Crippen LogP contribution is -2.50. The summed E-state index contributed by atoms with van der Waals surface area (Å²) in [6.45, 7) is 2.08. The normalized spacial score (nSPS) is 13.9. The van der Waals surface area contributed by atoms with E-state index in [1.807, 2.05) is 4.90 Å². The first-order chi connectivity index (χ1) is 13.5. The lowest BCUT2D eigenvalue weighted by Gasteiger charge is -2.36. The third-order valence-corrected chi connectivity index (χ3v) is 4.61. The summed E-state index contributed by atoms with van der Waals surface area (Å²) in [5, 5.41) is 18.8. The summed E-state index contributed by atoms with van der Waals surface area (Å²) in [5.41, 5.74) is 0.567. The predicted octanol–water partition coefficient (Wildman–Crippen LogP) is 1.83. The van der Waals surface area contributed by atoms with E-state index in [4.69, 9.17) is 14.6 Å². The molecule has 8 nitrogen and oxygen atoms in total. The van der Waals surface area contributed by atoms with Gasteiger partial charge in [-0.3, -0.25) is 4.79 Å². The number of aromatic carboxylic acids is 1. The van der Waals surface area contributed by atoms with E-state index in [9.17, 15) is 14.7 Å². The molecule has 1 aliphatic heterocycles. The molecule has 2 aromatic rings. The van der Waals surface area contributed by atoms with Crippen LogP contribution in [0.3, 0.4) is 0 Å². The van der Waals surface area contributed by atoms with Gasteiger partial charge in [-0.25, -0.2) is 4.79 Å². The highest BCUT2D eigenvalue weighted by Crippen LogP contribution is 2.25. The number of carboxylic acid groups (broad SMARTS) is 1. The zero-order valence-corrected chi connectivity index (χ0v) is 15.5. The van der Waals surface area contributed by atoms with Gasteiger partial charge in [-0.15, -0.1) is 0 Å². The molecule has 8 heteroatoms. The Morgan fingerprint density at radius 1 is 1.04 bits per heavy atom. The maximum absolute atomic E-state index is 12.4. The molecule has 1 fully saturated rings. The Kier molecular flexibility index (Phi) is 5.88. The van der Waals surface area contributed by atoms with Crippen molar-refractivity contribution in [3.05, 3.63) is 48.0 Å².